The number of nitrogens with zero attached hydrogens (tertiary/aromatic N) is 2. The first-order valence-corrected chi connectivity index (χ1v) is 10.2. The molecule has 6 heteroatoms. The third kappa shape index (κ3) is 2.43. The van der Waals surface area contributed by atoms with Crippen LogP contribution in [-0.2, 0) is 26.7 Å². The number of hydrogen-bond acceptors (Lipinski definition) is 3. The normalized spacial score (nSPS) is 18.0. The lowest BCUT2D eigenvalue weighted by Gasteiger charge is -2.23. The molecule has 0 spiro atoms. The Hall–Kier alpha value is -2.34. The number of sulfonamides is 1. The summed E-state index contributed by atoms with van der Waals surface area (Å²) in [7, 11) is -3.65. The molecule has 0 saturated carbocycles. The van der Waals surface area contributed by atoms with Crippen molar-refractivity contribution in [3.63, 3.8) is 0 Å². The first-order valence-electron chi connectivity index (χ1n) is 8.75. The summed E-state index contributed by atoms with van der Waals surface area (Å²) in [5.41, 5.74) is 3.30. The third-order valence-corrected chi connectivity index (χ3v) is 7.11. The summed E-state index contributed by atoms with van der Waals surface area (Å²) < 4.78 is 28.2. The van der Waals surface area contributed by atoms with Gasteiger partial charge in [-0.15, -0.1) is 0 Å². The zero-order valence-electron chi connectivity index (χ0n) is 15.2. The van der Waals surface area contributed by atoms with Gasteiger partial charge in [0.05, 0.1) is 10.6 Å². The quantitative estimate of drug-likeness (QED) is 0.816. The molecule has 0 aliphatic carbocycles. The lowest BCUT2D eigenvalue weighted by atomic mass is 9.87. The van der Waals surface area contributed by atoms with Crippen molar-refractivity contribution >= 4 is 27.3 Å². The molecule has 0 atom stereocenters. The van der Waals surface area contributed by atoms with Crippen LogP contribution >= 0.6 is 0 Å². The lowest BCUT2D eigenvalue weighted by molar-refractivity contribution is -0.116. The highest BCUT2D eigenvalue weighted by Gasteiger charge is 2.41. The second-order valence-corrected chi connectivity index (χ2v) is 9.49. The van der Waals surface area contributed by atoms with Crippen molar-refractivity contribution in [3.05, 3.63) is 53.6 Å². The van der Waals surface area contributed by atoms with Gasteiger partial charge in [0.15, 0.2) is 0 Å². The van der Waals surface area contributed by atoms with Crippen molar-refractivity contribution in [2.45, 2.75) is 37.5 Å². The lowest BCUT2D eigenvalue weighted by Crippen LogP contribution is -2.34. The first-order chi connectivity index (χ1) is 12.2. The van der Waals surface area contributed by atoms with Crippen LogP contribution in [0.1, 0.15) is 31.9 Å². The van der Waals surface area contributed by atoms with Gasteiger partial charge < -0.3 is 4.90 Å². The average Bonchev–Trinajstić information content (AvgIpc) is 3.14. The molecule has 2 aromatic carbocycles. The summed E-state index contributed by atoms with van der Waals surface area (Å²) in [6, 6.07) is 12.8. The number of anilines is 2. The molecule has 5 nitrogen and oxygen atoms in total. The average molecular weight is 370 g/mol. The minimum Gasteiger partial charge on any atom is -0.312 e. The Bertz CT molecular complexity index is 1010. The van der Waals surface area contributed by atoms with Gasteiger partial charge in [-0.2, -0.15) is 0 Å². The minimum absolute atomic E-state index is 0.0189. The molecule has 2 aliphatic rings. The van der Waals surface area contributed by atoms with Crippen molar-refractivity contribution in [2.24, 2.45) is 0 Å². The fourth-order valence-corrected chi connectivity index (χ4v) is 5.70. The number of para-hydroxylation sites is 1. The number of rotatable bonds is 2. The molecule has 1 amide bonds. The maximum absolute atomic E-state index is 13.3. The minimum atomic E-state index is -3.65. The Balaban J connectivity index is 1.77. The molecule has 0 bridgehead atoms. The highest BCUT2D eigenvalue weighted by Crippen LogP contribution is 2.43. The van der Waals surface area contributed by atoms with Crippen LogP contribution < -0.4 is 9.21 Å². The number of carbonyl (C=O) groups is 1. The Morgan fingerprint density at radius 3 is 2.54 bits per heavy atom. The largest absolute Gasteiger partial charge is 0.312 e. The first kappa shape index (κ1) is 17.1. The second-order valence-electron chi connectivity index (χ2n) is 7.62. The SMILES string of the molecule is CC(=O)N1CCc2cc(S(=O)(=O)N3CC(C)(C)c4ccccc43)ccc21. The van der Waals surface area contributed by atoms with E-state index in [9.17, 15) is 13.2 Å². The topological polar surface area (TPSA) is 57.7 Å². The maximum Gasteiger partial charge on any atom is 0.264 e. The van der Waals surface area contributed by atoms with Crippen LogP contribution in [0.15, 0.2) is 47.4 Å². The van der Waals surface area contributed by atoms with E-state index in [0.29, 0.717) is 19.5 Å². The summed E-state index contributed by atoms with van der Waals surface area (Å²) in [6.07, 6.45) is 0.681. The van der Waals surface area contributed by atoms with E-state index in [1.54, 1.807) is 23.1 Å². The zero-order chi connectivity index (χ0) is 18.7. The molecule has 2 heterocycles. The molecule has 0 radical (unpaired) electrons. The van der Waals surface area contributed by atoms with Crippen molar-refractivity contribution in [1.82, 2.24) is 0 Å². The van der Waals surface area contributed by atoms with E-state index in [4.69, 9.17) is 0 Å². The third-order valence-electron chi connectivity index (χ3n) is 5.36. The van der Waals surface area contributed by atoms with Crippen LogP contribution in [0.2, 0.25) is 0 Å². The predicted molar refractivity (Wildman–Crippen MR) is 102 cm³/mol. The summed E-state index contributed by atoms with van der Waals surface area (Å²) in [4.78, 5) is 13.7. The van der Waals surface area contributed by atoms with E-state index in [-0.39, 0.29) is 16.2 Å². The van der Waals surface area contributed by atoms with Crippen LogP contribution in [-0.4, -0.2) is 27.4 Å². The Labute approximate surface area is 154 Å². The van der Waals surface area contributed by atoms with Crippen molar-refractivity contribution in [3.8, 4) is 0 Å². The molecule has 0 fully saturated rings. The van der Waals surface area contributed by atoms with Crippen molar-refractivity contribution in [1.29, 1.82) is 0 Å². The highest BCUT2D eigenvalue weighted by atomic mass is 32.2. The maximum atomic E-state index is 13.3. The fraction of sp³-hybridized carbons (Fsp3) is 0.350. The molecule has 0 N–H and O–H groups in total. The molecule has 2 aliphatic heterocycles. The highest BCUT2D eigenvalue weighted by molar-refractivity contribution is 7.92. The molecular formula is C20H22N2O3S. The fourth-order valence-electron chi connectivity index (χ4n) is 4.00. The second kappa shape index (κ2) is 5.58. The Kier molecular flexibility index (Phi) is 3.67. The van der Waals surface area contributed by atoms with Gasteiger partial charge in [-0.1, -0.05) is 32.0 Å². The monoisotopic (exact) mass is 370 g/mol. The van der Waals surface area contributed by atoms with Crippen molar-refractivity contribution < 1.29 is 13.2 Å². The Morgan fingerprint density at radius 2 is 1.81 bits per heavy atom. The number of carbonyl (C=O) groups excluding carboxylic acids is 1. The van der Waals surface area contributed by atoms with Gasteiger partial charge in [0, 0.05) is 31.1 Å². The smallest absolute Gasteiger partial charge is 0.264 e. The van der Waals surface area contributed by atoms with Crippen LogP contribution in [0.4, 0.5) is 11.4 Å². The van der Waals surface area contributed by atoms with Crippen molar-refractivity contribution in [2.75, 3.05) is 22.3 Å². The van der Waals surface area contributed by atoms with Gasteiger partial charge in [0.2, 0.25) is 5.91 Å². The molecule has 26 heavy (non-hydrogen) atoms. The molecule has 0 unspecified atom stereocenters. The standard InChI is InChI=1S/C20H22N2O3S/c1-14(23)21-11-10-15-12-16(8-9-18(15)21)26(24,25)22-13-20(2,3)17-6-4-5-7-19(17)22/h4-9,12H,10-11,13H2,1-3H3. The van der Waals surface area contributed by atoms with E-state index in [0.717, 1.165) is 22.5 Å². The molecular weight excluding hydrogens is 348 g/mol. The van der Waals surface area contributed by atoms with Gasteiger partial charge >= 0.3 is 0 Å². The number of hydrogen-bond donors (Lipinski definition) is 0. The van der Waals surface area contributed by atoms with E-state index in [2.05, 4.69) is 13.8 Å². The Morgan fingerprint density at radius 1 is 1.08 bits per heavy atom. The predicted octanol–water partition coefficient (Wildman–Crippen LogP) is 3.08. The summed E-state index contributed by atoms with van der Waals surface area (Å²) in [6.45, 7) is 6.69. The zero-order valence-corrected chi connectivity index (χ0v) is 16.0. The van der Waals surface area contributed by atoms with Crippen LogP contribution in [0.25, 0.3) is 0 Å². The van der Waals surface area contributed by atoms with Gasteiger partial charge in [-0.25, -0.2) is 8.42 Å². The van der Waals surface area contributed by atoms with E-state index in [1.165, 1.54) is 11.2 Å². The number of benzene rings is 2. The number of fused-ring (bicyclic) bond motifs is 2. The van der Waals surface area contributed by atoms with Gasteiger partial charge in [0.1, 0.15) is 0 Å². The van der Waals surface area contributed by atoms with E-state index < -0.39 is 10.0 Å². The molecule has 0 aromatic heterocycles. The van der Waals surface area contributed by atoms with E-state index in [1.807, 2.05) is 24.3 Å². The molecule has 2 aromatic rings. The van der Waals surface area contributed by atoms with Crippen LogP contribution in [0.5, 0.6) is 0 Å². The molecule has 4 rings (SSSR count). The summed E-state index contributed by atoms with van der Waals surface area (Å²) >= 11 is 0. The van der Waals surface area contributed by atoms with Gasteiger partial charge in [0.25, 0.3) is 10.0 Å². The van der Waals surface area contributed by atoms with E-state index >= 15 is 0 Å². The summed E-state index contributed by atoms with van der Waals surface area (Å²) in [5, 5.41) is 0. The molecule has 136 valence electrons. The van der Waals surface area contributed by atoms with Gasteiger partial charge in [-0.3, -0.25) is 9.10 Å². The van der Waals surface area contributed by atoms with Gasteiger partial charge in [-0.05, 0) is 41.8 Å². The summed E-state index contributed by atoms with van der Waals surface area (Å²) in [5.74, 6) is -0.0189. The van der Waals surface area contributed by atoms with Crippen LogP contribution in [0.3, 0.4) is 0 Å². The number of amides is 1. The molecule has 0 saturated heterocycles. The van der Waals surface area contributed by atoms with Crippen LogP contribution in [0, 0.1) is 0 Å².